The third-order valence-electron chi connectivity index (χ3n) is 1.64. The van der Waals surface area contributed by atoms with Gasteiger partial charge in [-0.15, -0.1) is 0 Å². The van der Waals surface area contributed by atoms with Gasteiger partial charge in [0.2, 0.25) is 0 Å². The van der Waals surface area contributed by atoms with E-state index in [1.165, 1.54) is 5.57 Å². The van der Waals surface area contributed by atoms with Crippen LogP contribution in [0.4, 0.5) is 0 Å². The van der Waals surface area contributed by atoms with Gasteiger partial charge in [0.1, 0.15) is 0 Å². The molecule has 0 amide bonds. The van der Waals surface area contributed by atoms with E-state index in [4.69, 9.17) is 5.41 Å². The smallest absolute Gasteiger partial charge is 0.0155 e. The summed E-state index contributed by atoms with van der Waals surface area (Å²) in [5.41, 5.74) is 1.96. The minimum Gasteiger partial charge on any atom is -0.309 e. The molecule has 0 saturated heterocycles. The number of nitrogens with one attached hydrogen (secondary N) is 1. The fraction of sp³-hybridized carbons (Fsp3) is 0.667. The number of hydrogen-bond acceptors (Lipinski definition) is 1. The van der Waals surface area contributed by atoms with Crippen LogP contribution in [-0.2, 0) is 0 Å². The van der Waals surface area contributed by atoms with Crippen LogP contribution in [0.2, 0.25) is 0 Å². The van der Waals surface area contributed by atoms with Gasteiger partial charge in [-0.05, 0) is 12.3 Å². The van der Waals surface area contributed by atoms with Crippen molar-refractivity contribution in [1.82, 2.24) is 0 Å². The van der Waals surface area contributed by atoms with Gasteiger partial charge in [0.25, 0.3) is 0 Å². The Hall–Kier alpha value is -0.590. The summed E-state index contributed by atoms with van der Waals surface area (Å²) >= 11 is 0. The summed E-state index contributed by atoms with van der Waals surface area (Å²) in [6.07, 6.45) is 1.78. The molecule has 0 aromatic carbocycles. The van der Waals surface area contributed by atoms with Crippen molar-refractivity contribution < 1.29 is 0 Å². The van der Waals surface area contributed by atoms with Gasteiger partial charge >= 0.3 is 0 Å². The molecule has 0 atom stereocenters. The van der Waals surface area contributed by atoms with Gasteiger partial charge in [0, 0.05) is 12.1 Å². The normalized spacial score (nSPS) is 10.0. The Morgan fingerprint density at radius 1 is 1.50 bits per heavy atom. The molecule has 1 N–H and O–H groups in total. The molecule has 0 saturated carbocycles. The Kier molecular flexibility index (Phi) is 4.01. The van der Waals surface area contributed by atoms with E-state index in [1.54, 1.807) is 0 Å². The van der Waals surface area contributed by atoms with E-state index in [-0.39, 0.29) is 0 Å². The first kappa shape index (κ1) is 9.41. The number of rotatable bonds is 4. The summed E-state index contributed by atoms with van der Waals surface area (Å²) in [6, 6.07) is 0. The van der Waals surface area contributed by atoms with E-state index in [9.17, 15) is 0 Å². The van der Waals surface area contributed by atoms with Gasteiger partial charge in [-0.3, -0.25) is 0 Å². The van der Waals surface area contributed by atoms with Gasteiger partial charge < -0.3 is 5.41 Å². The number of hydrogen-bond donors (Lipinski definition) is 1. The van der Waals surface area contributed by atoms with Crippen molar-refractivity contribution >= 4 is 5.71 Å². The van der Waals surface area contributed by atoms with Crippen molar-refractivity contribution in [2.75, 3.05) is 0 Å². The first-order chi connectivity index (χ1) is 4.57. The molecule has 0 aliphatic heterocycles. The van der Waals surface area contributed by atoms with Crippen LogP contribution in [0, 0.1) is 11.3 Å². The van der Waals surface area contributed by atoms with Crippen molar-refractivity contribution in [2.45, 2.75) is 33.6 Å². The van der Waals surface area contributed by atoms with E-state index in [0.29, 0.717) is 5.92 Å². The molecule has 0 spiro atoms. The molecule has 0 aliphatic rings. The lowest BCUT2D eigenvalue weighted by Gasteiger charge is -2.07. The molecule has 0 aromatic heterocycles. The molecule has 0 unspecified atom stereocenters. The SMILES string of the molecule is C=C(CC)CC(=N)C(C)C. The van der Waals surface area contributed by atoms with Crippen LogP contribution in [0.5, 0.6) is 0 Å². The minimum absolute atomic E-state index is 0.378. The van der Waals surface area contributed by atoms with E-state index in [0.717, 1.165) is 18.6 Å². The predicted octanol–water partition coefficient (Wildman–Crippen LogP) is 3.02. The zero-order chi connectivity index (χ0) is 8.15. The third kappa shape index (κ3) is 3.44. The molecule has 10 heavy (non-hydrogen) atoms. The standard InChI is InChI=1S/C9H17N/c1-5-8(4)6-9(10)7(2)3/h7,10H,4-6H2,1-3H3. The summed E-state index contributed by atoms with van der Waals surface area (Å²) in [5, 5.41) is 7.52. The summed E-state index contributed by atoms with van der Waals surface area (Å²) in [7, 11) is 0. The molecule has 58 valence electrons. The lowest BCUT2D eigenvalue weighted by atomic mass is 10.0. The first-order valence-corrected chi connectivity index (χ1v) is 3.81. The predicted molar refractivity (Wildman–Crippen MR) is 46.6 cm³/mol. The fourth-order valence-electron chi connectivity index (χ4n) is 0.598. The van der Waals surface area contributed by atoms with Crippen LogP contribution in [0.3, 0.4) is 0 Å². The lowest BCUT2D eigenvalue weighted by Crippen LogP contribution is -2.05. The number of allylic oxidation sites excluding steroid dienone is 1. The first-order valence-electron chi connectivity index (χ1n) is 3.81. The van der Waals surface area contributed by atoms with Crippen molar-refractivity contribution in [3.8, 4) is 0 Å². The second kappa shape index (κ2) is 4.26. The zero-order valence-electron chi connectivity index (χ0n) is 7.20. The largest absolute Gasteiger partial charge is 0.309 e. The second-order valence-electron chi connectivity index (χ2n) is 2.96. The minimum atomic E-state index is 0.378. The zero-order valence-corrected chi connectivity index (χ0v) is 7.20. The van der Waals surface area contributed by atoms with Crippen molar-refractivity contribution in [3.63, 3.8) is 0 Å². The highest BCUT2D eigenvalue weighted by molar-refractivity contribution is 5.85. The van der Waals surface area contributed by atoms with Gasteiger partial charge in [0.05, 0.1) is 0 Å². The van der Waals surface area contributed by atoms with Crippen LogP contribution in [0.15, 0.2) is 12.2 Å². The van der Waals surface area contributed by atoms with Gasteiger partial charge in [-0.2, -0.15) is 0 Å². The van der Waals surface area contributed by atoms with Crippen molar-refractivity contribution in [2.24, 2.45) is 5.92 Å². The Balaban J connectivity index is 3.69. The maximum Gasteiger partial charge on any atom is 0.0155 e. The molecular weight excluding hydrogens is 122 g/mol. The Morgan fingerprint density at radius 3 is 2.30 bits per heavy atom. The Bertz CT molecular complexity index is 134. The summed E-state index contributed by atoms with van der Waals surface area (Å²) in [4.78, 5) is 0. The molecule has 0 aliphatic carbocycles. The molecule has 0 rings (SSSR count). The Morgan fingerprint density at radius 2 is 2.00 bits per heavy atom. The average Bonchev–Trinajstić information content (AvgIpc) is 1.87. The molecule has 1 nitrogen and oxygen atoms in total. The monoisotopic (exact) mass is 139 g/mol. The molecule has 0 radical (unpaired) electrons. The van der Waals surface area contributed by atoms with E-state index in [2.05, 4.69) is 13.5 Å². The molecule has 0 fully saturated rings. The van der Waals surface area contributed by atoms with E-state index in [1.807, 2.05) is 13.8 Å². The molecule has 0 bridgehead atoms. The van der Waals surface area contributed by atoms with Crippen LogP contribution in [0.25, 0.3) is 0 Å². The highest BCUT2D eigenvalue weighted by Crippen LogP contribution is 2.08. The van der Waals surface area contributed by atoms with Gasteiger partial charge in [-0.1, -0.05) is 32.9 Å². The second-order valence-corrected chi connectivity index (χ2v) is 2.96. The van der Waals surface area contributed by atoms with Crippen LogP contribution >= 0.6 is 0 Å². The van der Waals surface area contributed by atoms with Crippen LogP contribution < -0.4 is 0 Å². The van der Waals surface area contributed by atoms with Crippen molar-refractivity contribution in [3.05, 3.63) is 12.2 Å². The van der Waals surface area contributed by atoms with Crippen molar-refractivity contribution in [1.29, 1.82) is 5.41 Å². The maximum atomic E-state index is 7.52. The summed E-state index contributed by atoms with van der Waals surface area (Å²) in [5.74, 6) is 0.378. The lowest BCUT2D eigenvalue weighted by molar-refractivity contribution is 0.846. The van der Waals surface area contributed by atoms with Crippen LogP contribution in [0.1, 0.15) is 33.6 Å². The summed E-state index contributed by atoms with van der Waals surface area (Å²) in [6.45, 7) is 10.0. The Labute approximate surface area is 63.7 Å². The van der Waals surface area contributed by atoms with E-state index < -0.39 is 0 Å². The fourth-order valence-corrected chi connectivity index (χ4v) is 0.598. The third-order valence-corrected chi connectivity index (χ3v) is 1.64. The highest BCUT2D eigenvalue weighted by Gasteiger charge is 2.02. The quantitative estimate of drug-likeness (QED) is 0.457. The average molecular weight is 139 g/mol. The molecule has 0 aromatic rings. The summed E-state index contributed by atoms with van der Waals surface area (Å²) < 4.78 is 0. The van der Waals surface area contributed by atoms with Gasteiger partial charge in [-0.25, -0.2) is 0 Å². The van der Waals surface area contributed by atoms with E-state index >= 15 is 0 Å². The molecule has 0 heterocycles. The van der Waals surface area contributed by atoms with Gasteiger partial charge in [0.15, 0.2) is 0 Å². The van der Waals surface area contributed by atoms with Crippen LogP contribution in [-0.4, -0.2) is 5.71 Å². The molecular formula is C9H17N. The highest BCUT2D eigenvalue weighted by atomic mass is 14.4. The maximum absolute atomic E-state index is 7.52. The topological polar surface area (TPSA) is 23.9 Å². The molecule has 1 heteroatoms.